The number of thiophene rings is 1. The second kappa shape index (κ2) is 13.2. The summed E-state index contributed by atoms with van der Waals surface area (Å²) in [5, 5.41) is 0.0347. The molecule has 0 unspecified atom stereocenters. The molecule has 47 heavy (non-hydrogen) atoms. The molecule has 0 aliphatic rings. The topological polar surface area (TPSA) is 64.0 Å². The quantitative estimate of drug-likeness (QED) is 0.152. The number of hydrogen-bond acceptors (Lipinski definition) is 4. The molecule has 7 aromatic rings. The molecule has 1 heterocycles. The minimum atomic E-state index is -4.56. The zero-order valence-corrected chi connectivity index (χ0v) is 27.0. The van der Waals surface area contributed by atoms with Crippen LogP contribution in [0.5, 0.6) is 0 Å². The standard InChI is InChI=1S/C40H31N2O3PS/c43-46(44,45)38-29-39(30-21-25-36(26-22-30)41(32-13-5-1-6-14-32)33-15-7-2-8-16-33)47-40(38)31-23-27-37(28-24-31)42(34-17-9-3-10-18-34)35-19-11-4-12-20-35/h1-29H,(H2,43,44,45). The first-order chi connectivity index (χ1) is 23.0. The molecule has 1 aromatic heterocycles. The molecule has 0 saturated carbocycles. The van der Waals surface area contributed by atoms with Gasteiger partial charge < -0.3 is 19.6 Å². The summed E-state index contributed by atoms with van der Waals surface area (Å²) in [6.07, 6.45) is 0. The lowest BCUT2D eigenvalue weighted by Crippen LogP contribution is -2.09. The summed E-state index contributed by atoms with van der Waals surface area (Å²) in [7, 11) is -4.56. The maximum Gasteiger partial charge on any atom is 0.357 e. The van der Waals surface area contributed by atoms with Gasteiger partial charge in [0.15, 0.2) is 0 Å². The van der Waals surface area contributed by atoms with Crippen LogP contribution in [0.2, 0.25) is 0 Å². The summed E-state index contributed by atoms with van der Waals surface area (Å²) in [4.78, 5) is 26.5. The molecule has 7 rings (SSSR count). The summed E-state index contributed by atoms with van der Waals surface area (Å²) >= 11 is 1.39. The van der Waals surface area contributed by atoms with Crippen LogP contribution in [0, 0.1) is 0 Å². The van der Waals surface area contributed by atoms with Gasteiger partial charge in [-0.2, -0.15) is 0 Å². The third-order valence-electron chi connectivity index (χ3n) is 7.88. The van der Waals surface area contributed by atoms with E-state index in [2.05, 4.69) is 58.3 Å². The van der Waals surface area contributed by atoms with Crippen molar-refractivity contribution in [3.05, 3.63) is 176 Å². The molecule has 6 aromatic carbocycles. The van der Waals surface area contributed by atoms with Gasteiger partial charge in [-0.25, -0.2) is 0 Å². The van der Waals surface area contributed by atoms with Crippen molar-refractivity contribution >= 4 is 58.4 Å². The Bertz CT molecular complexity index is 2040. The third-order valence-corrected chi connectivity index (χ3v) is 10.2. The number of para-hydroxylation sites is 4. The zero-order chi connectivity index (χ0) is 32.2. The summed E-state index contributed by atoms with van der Waals surface area (Å²) in [5.41, 5.74) is 7.67. The second-order valence-corrected chi connectivity index (χ2v) is 13.6. The number of benzene rings is 6. The highest BCUT2D eigenvalue weighted by Crippen LogP contribution is 2.45. The molecule has 7 heteroatoms. The molecule has 5 nitrogen and oxygen atoms in total. The number of hydrogen-bond donors (Lipinski definition) is 2. The van der Waals surface area contributed by atoms with Gasteiger partial charge in [0.1, 0.15) is 0 Å². The van der Waals surface area contributed by atoms with E-state index in [1.54, 1.807) is 6.07 Å². The predicted molar refractivity (Wildman–Crippen MR) is 196 cm³/mol. The molecule has 0 bridgehead atoms. The lowest BCUT2D eigenvalue weighted by Gasteiger charge is -2.25. The largest absolute Gasteiger partial charge is 0.357 e. The van der Waals surface area contributed by atoms with Gasteiger partial charge in [-0.1, -0.05) is 97.1 Å². The smallest absolute Gasteiger partial charge is 0.321 e. The van der Waals surface area contributed by atoms with Crippen LogP contribution in [0.1, 0.15) is 0 Å². The van der Waals surface area contributed by atoms with E-state index in [0.29, 0.717) is 4.88 Å². The Hall–Kier alpha value is -5.23. The Morgan fingerprint density at radius 3 is 1.09 bits per heavy atom. The first kappa shape index (κ1) is 30.4. The minimum absolute atomic E-state index is 0.0347. The Kier molecular flexibility index (Phi) is 8.58. The van der Waals surface area contributed by atoms with Crippen LogP contribution in [-0.4, -0.2) is 9.79 Å². The van der Waals surface area contributed by atoms with Crippen LogP contribution in [0.15, 0.2) is 176 Å². The minimum Gasteiger partial charge on any atom is -0.321 e. The number of anilines is 6. The highest BCUT2D eigenvalue weighted by molar-refractivity contribution is 7.61. The van der Waals surface area contributed by atoms with Crippen LogP contribution >= 0.6 is 18.9 Å². The van der Waals surface area contributed by atoms with Crippen molar-refractivity contribution in [3.63, 3.8) is 0 Å². The fourth-order valence-electron chi connectivity index (χ4n) is 5.69. The third kappa shape index (κ3) is 6.54. The Labute approximate surface area is 278 Å². The van der Waals surface area contributed by atoms with E-state index >= 15 is 0 Å². The molecule has 0 aliphatic heterocycles. The van der Waals surface area contributed by atoms with Crippen molar-refractivity contribution in [3.8, 4) is 20.9 Å². The Morgan fingerprint density at radius 1 is 0.426 bits per heavy atom. The molecule has 0 saturated heterocycles. The monoisotopic (exact) mass is 650 g/mol. The van der Waals surface area contributed by atoms with E-state index in [9.17, 15) is 14.4 Å². The van der Waals surface area contributed by atoms with Gasteiger partial charge in [0, 0.05) is 39.0 Å². The Balaban J connectivity index is 1.24. The van der Waals surface area contributed by atoms with Crippen molar-refractivity contribution in [2.45, 2.75) is 0 Å². The Morgan fingerprint density at radius 2 is 0.745 bits per heavy atom. The van der Waals surface area contributed by atoms with Gasteiger partial charge in [0.05, 0.1) is 10.2 Å². The van der Waals surface area contributed by atoms with E-state index in [1.807, 2.05) is 121 Å². The highest BCUT2D eigenvalue weighted by atomic mass is 32.1. The second-order valence-electron chi connectivity index (χ2n) is 11.0. The van der Waals surface area contributed by atoms with E-state index < -0.39 is 7.60 Å². The average molecular weight is 651 g/mol. The van der Waals surface area contributed by atoms with Crippen molar-refractivity contribution < 1.29 is 14.4 Å². The van der Waals surface area contributed by atoms with Gasteiger partial charge in [-0.3, -0.25) is 4.57 Å². The van der Waals surface area contributed by atoms with Crippen LogP contribution < -0.4 is 15.1 Å². The van der Waals surface area contributed by atoms with Crippen molar-refractivity contribution in [1.82, 2.24) is 0 Å². The first-order valence-corrected chi connectivity index (χ1v) is 17.6. The lowest BCUT2D eigenvalue weighted by molar-refractivity contribution is 0.387. The van der Waals surface area contributed by atoms with Crippen LogP contribution in [0.4, 0.5) is 34.1 Å². The van der Waals surface area contributed by atoms with E-state index in [1.165, 1.54) is 11.3 Å². The molecular formula is C40H31N2O3PS. The first-order valence-electron chi connectivity index (χ1n) is 15.2. The molecule has 0 aliphatic carbocycles. The molecule has 0 fully saturated rings. The van der Waals surface area contributed by atoms with Crippen molar-refractivity contribution in [2.75, 3.05) is 9.80 Å². The molecule has 2 N–H and O–H groups in total. The SMILES string of the molecule is O=P(O)(O)c1cc(-c2ccc(N(c3ccccc3)c3ccccc3)cc2)sc1-c1ccc(N(c2ccccc2)c2ccccc2)cc1. The van der Waals surface area contributed by atoms with Gasteiger partial charge >= 0.3 is 7.60 Å². The fraction of sp³-hybridized carbons (Fsp3) is 0. The fourth-order valence-corrected chi connectivity index (χ4v) is 8.03. The molecular weight excluding hydrogens is 619 g/mol. The van der Waals surface area contributed by atoms with Gasteiger partial charge in [0.2, 0.25) is 0 Å². The summed E-state index contributed by atoms with van der Waals surface area (Å²) in [5.74, 6) is 0. The lowest BCUT2D eigenvalue weighted by atomic mass is 10.1. The van der Waals surface area contributed by atoms with Crippen molar-refractivity contribution in [1.29, 1.82) is 0 Å². The van der Waals surface area contributed by atoms with Crippen molar-refractivity contribution in [2.24, 2.45) is 0 Å². The summed E-state index contributed by atoms with van der Waals surface area (Å²) in [6, 6.07) is 58.2. The van der Waals surface area contributed by atoms with E-state index in [-0.39, 0.29) is 5.30 Å². The van der Waals surface area contributed by atoms with E-state index in [0.717, 1.165) is 50.1 Å². The van der Waals surface area contributed by atoms with Gasteiger partial charge in [-0.05, 0) is 90.0 Å². The molecule has 230 valence electrons. The summed E-state index contributed by atoms with van der Waals surface area (Å²) in [6.45, 7) is 0. The molecule has 0 amide bonds. The molecule has 0 radical (unpaired) electrons. The van der Waals surface area contributed by atoms with Crippen LogP contribution in [0.25, 0.3) is 20.9 Å². The zero-order valence-electron chi connectivity index (χ0n) is 25.3. The highest BCUT2D eigenvalue weighted by Gasteiger charge is 2.26. The van der Waals surface area contributed by atoms with Crippen LogP contribution in [-0.2, 0) is 4.57 Å². The van der Waals surface area contributed by atoms with Gasteiger partial charge in [0.25, 0.3) is 0 Å². The van der Waals surface area contributed by atoms with E-state index in [4.69, 9.17) is 0 Å². The molecule has 0 spiro atoms. The maximum absolute atomic E-state index is 12.8. The predicted octanol–water partition coefficient (Wildman–Crippen LogP) is 10.8. The normalized spacial score (nSPS) is 11.3. The number of nitrogens with zero attached hydrogens (tertiary/aromatic N) is 2. The maximum atomic E-state index is 12.8. The van der Waals surface area contributed by atoms with Gasteiger partial charge in [-0.15, -0.1) is 11.3 Å². The number of rotatable bonds is 9. The summed E-state index contributed by atoms with van der Waals surface area (Å²) < 4.78 is 12.8. The van der Waals surface area contributed by atoms with Crippen LogP contribution in [0.3, 0.4) is 0 Å². The average Bonchev–Trinajstić information content (AvgIpc) is 3.58. The molecule has 0 atom stereocenters.